The van der Waals surface area contributed by atoms with Crippen molar-refractivity contribution in [2.24, 2.45) is 0 Å². The Morgan fingerprint density at radius 1 is 0.960 bits per heavy atom. The molecule has 1 aliphatic rings. The predicted octanol–water partition coefficient (Wildman–Crippen LogP) is 6.21. The molecule has 0 aliphatic heterocycles. The van der Waals surface area contributed by atoms with Gasteiger partial charge in [0.05, 0.1) is 0 Å². The summed E-state index contributed by atoms with van der Waals surface area (Å²) < 4.78 is 0. The van der Waals surface area contributed by atoms with Gasteiger partial charge in [0.1, 0.15) is 6.29 Å². The van der Waals surface area contributed by atoms with Crippen LogP contribution in [0.5, 0.6) is 0 Å². The molecule has 0 spiro atoms. The fourth-order valence-electron chi connectivity index (χ4n) is 3.96. The first-order valence-corrected chi connectivity index (χ1v) is 9.45. The van der Waals surface area contributed by atoms with Gasteiger partial charge in [0.2, 0.25) is 0 Å². The second-order valence-electron chi connectivity index (χ2n) is 8.65. The second kappa shape index (κ2) is 6.61. The van der Waals surface area contributed by atoms with Crippen LogP contribution in [0, 0.1) is 0 Å². The highest BCUT2D eigenvalue weighted by Gasteiger charge is 2.37. The molecule has 0 N–H and O–H groups in total. The second-order valence-corrected chi connectivity index (χ2v) is 9.08. The van der Waals surface area contributed by atoms with Crippen LogP contribution in [0.25, 0.3) is 0 Å². The number of carbonyl (C=O) groups is 1. The van der Waals surface area contributed by atoms with Gasteiger partial charge >= 0.3 is 0 Å². The predicted molar refractivity (Wildman–Crippen MR) is 106 cm³/mol. The van der Waals surface area contributed by atoms with Crippen LogP contribution in [-0.2, 0) is 22.0 Å². The number of benzene rings is 2. The van der Waals surface area contributed by atoms with Crippen LogP contribution >= 0.6 is 11.6 Å². The minimum atomic E-state index is -0.118. The number of halogens is 1. The zero-order valence-corrected chi connectivity index (χ0v) is 16.4. The average Bonchev–Trinajstić information content (AvgIpc) is 2.58. The van der Waals surface area contributed by atoms with E-state index in [0.29, 0.717) is 6.42 Å². The molecule has 0 fully saturated rings. The van der Waals surface area contributed by atoms with Crippen molar-refractivity contribution < 1.29 is 4.79 Å². The summed E-state index contributed by atoms with van der Waals surface area (Å²) in [6.07, 6.45) is 4.17. The van der Waals surface area contributed by atoms with Crippen LogP contribution in [0.2, 0.25) is 5.02 Å². The van der Waals surface area contributed by atoms with E-state index in [2.05, 4.69) is 45.9 Å². The number of fused-ring (bicyclic) bond motifs is 1. The lowest BCUT2D eigenvalue weighted by atomic mass is 9.62. The van der Waals surface area contributed by atoms with Crippen molar-refractivity contribution in [2.75, 3.05) is 0 Å². The smallest absolute Gasteiger partial charge is 0.127 e. The van der Waals surface area contributed by atoms with Gasteiger partial charge in [0, 0.05) is 10.9 Å². The van der Waals surface area contributed by atoms with Gasteiger partial charge in [-0.25, -0.2) is 0 Å². The molecule has 0 unspecified atom stereocenters. The summed E-state index contributed by atoms with van der Waals surface area (Å²) in [6, 6.07) is 14.5. The Morgan fingerprint density at radius 2 is 1.56 bits per heavy atom. The number of rotatable bonds is 4. The van der Waals surface area contributed by atoms with E-state index in [1.807, 2.05) is 24.3 Å². The van der Waals surface area contributed by atoms with Gasteiger partial charge in [-0.05, 0) is 64.5 Å². The Labute approximate surface area is 156 Å². The number of carbonyl (C=O) groups excluding carboxylic acids is 1. The molecule has 2 aromatic carbocycles. The Balaban J connectivity index is 1.96. The first-order chi connectivity index (χ1) is 11.7. The molecule has 3 rings (SSSR count). The zero-order chi connectivity index (χ0) is 18.2. The largest absolute Gasteiger partial charge is 0.303 e. The maximum atomic E-state index is 11.8. The first-order valence-electron chi connectivity index (χ1n) is 9.08. The monoisotopic (exact) mass is 354 g/mol. The van der Waals surface area contributed by atoms with Crippen molar-refractivity contribution in [1.29, 1.82) is 0 Å². The number of hydrogen-bond acceptors (Lipinski definition) is 1. The normalized spacial score (nSPS) is 19.1. The molecule has 2 aromatic rings. The number of hydrogen-bond donors (Lipinski definition) is 0. The average molecular weight is 355 g/mol. The molecular formula is C23H27ClO. The molecule has 0 radical (unpaired) electrons. The Bertz CT molecular complexity index is 771. The fourth-order valence-corrected chi connectivity index (χ4v) is 4.08. The third-order valence-electron chi connectivity index (χ3n) is 5.84. The van der Waals surface area contributed by atoms with E-state index in [1.165, 1.54) is 24.0 Å². The molecular weight excluding hydrogens is 328 g/mol. The fraction of sp³-hybridized carbons (Fsp3) is 0.435. The van der Waals surface area contributed by atoms with E-state index in [0.717, 1.165) is 22.4 Å². The van der Waals surface area contributed by atoms with E-state index >= 15 is 0 Å². The third kappa shape index (κ3) is 3.67. The van der Waals surface area contributed by atoms with Crippen LogP contribution in [0.3, 0.4) is 0 Å². The van der Waals surface area contributed by atoms with Crippen LogP contribution in [-0.4, -0.2) is 6.29 Å². The summed E-state index contributed by atoms with van der Waals surface area (Å²) in [6.45, 7) is 9.29. The summed E-state index contributed by atoms with van der Waals surface area (Å²) in [7, 11) is 0. The van der Waals surface area contributed by atoms with Crippen molar-refractivity contribution in [1.82, 2.24) is 0 Å². The molecule has 0 aromatic heterocycles. The molecule has 1 atom stereocenters. The van der Waals surface area contributed by atoms with Crippen LogP contribution in [0.4, 0.5) is 0 Å². The summed E-state index contributed by atoms with van der Waals surface area (Å²) in [5.41, 5.74) is 5.46. The molecule has 0 amide bonds. The van der Waals surface area contributed by atoms with E-state index < -0.39 is 0 Å². The Hall–Kier alpha value is -1.60. The van der Waals surface area contributed by atoms with Crippen molar-refractivity contribution in [2.45, 2.75) is 63.7 Å². The van der Waals surface area contributed by atoms with Gasteiger partial charge in [-0.2, -0.15) is 0 Å². The molecule has 0 heterocycles. The minimum absolute atomic E-state index is 0.118. The van der Waals surface area contributed by atoms with Gasteiger partial charge in [-0.1, -0.05) is 69.6 Å². The van der Waals surface area contributed by atoms with Crippen molar-refractivity contribution in [3.05, 3.63) is 69.7 Å². The van der Waals surface area contributed by atoms with E-state index in [-0.39, 0.29) is 16.7 Å². The summed E-state index contributed by atoms with van der Waals surface area (Å²) in [5.74, 6) is -0.118. The molecule has 1 aliphatic carbocycles. The zero-order valence-electron chi connectivity index (χ0n) is 15.6. The summed E-state index contributed by atoms with van der Waals surface area (Å²) in [5, 5.41) is 0.726. The lowest BCUT2D eigenvalue weighted by Gasteiger charge is -2.42. The maximum Gasteiger partial charge on any atom is 0.127 e. The van der Waals surface area contributed by atoms with Gasteiger partial charge in [0.25, 0.3) is 0 Å². The van der Waals surface area contributed by atoms with Crippen LogP contribution in [0.1, 0.15) is 68.7 Å². The molecule has 25 heavy (non-hydrogen) atoms. The van der Waals surface area contributed by atoms with E-state index in [4.69, 9.17) is 11.6 Å². The third-order valence-corrected chi connectivity index (χ3v) is 6.09. The maximum absolute atomic E-state index is 11.8. The van der Waals surface area contributed by atoms with Crippen LogP contribution < -0.4 is 0 Å². The van der Waals surface area contributed by atoms with E-state index in [9.17, 15) is 4.79 Å². The quantitative estimate of drug-likeness (QED) is 0.596. The SMILES string of the molecule is CC1(C)CCC(C)(C)c2cc([C@@H](C=O)Cc3ccc(Cl)cc3)ccc21. The highest BCUT2D eigenvalue weighted by atomic mass is 35.5. The standard InChI is InChI=1S/C23H27ClO/c1-22(2)11-12-23(3,4)21-14-17(7-10-20(21)22)18(15-25)13-16-5-8-19(24)9-6-16/h5-10,14-15,18H,11-13H2,1-4H3/t18-/m1/s1. The molecule has 2 heteroatoms. The topological polar surface area (TPSA) is 17.1 Å². The molecule has 0 bridgehead atoms. The molecule has 0 saturated carbocycles. The Morgan fingerprint density at radius 3 is 2.16 bits per heavy atom. The van der Waals surface area contributed by atoms with Crippen molar-refractivity contribution in [3.8, 4) is 0 Å². The Kier molecular flexibility index (Phi) is 4.81. The molecule has 132 valence electrons. The van der Waals surface area contributed by atoms with Crippen LogP contribution in [0.15, 0.2) is 42.5 Å². The summed E-state index contributed by atoms with van der Waals surface area (Å²) in [4.78, 5) is 11.8. The lowest BCUT2D eigenvalue weighted by molar-refractivity contribution is -0.109. The van der Waals surface area contributed by atoms with Gasteiger partial charge in [-0.15, -0.1) is 0 Å². The minimum Gasteiger partial charge on any atom is -0.303 e. The van der Waals surface area contributed by atoms with E-state index in [1.54, 1.807) is 0 Å². The van der Waals surface area contributed by atoms with Gasteiger partial charge in [0.15, 0.2) is 0 Å². The highest BCUT2D eigenvalue weighted by Crippen LogP contribution is 2.46. The lowest BCUT2D eigenvalue weighted by Crippen LogP contribution is -2.34. The first kappa shape index (κ1) is 18.2. The van der Waals surface area contributed by atoms with Gasteiger partial charge < -0.3 is 4.79 Å². The van der Waals surface area contributed by atoms with Crippen molar-refractivity contribution in [3.63, 3.8) is 0 Å². The molecule has 0 saturated heterocycles. The molecule has 1 nitrogen and oxygen atoms in total. The number of aldehydes is 1. The highest BCUT2D eigenvalue weighted by molar-refractivity contribution is 6.30. The van der Waals surface area contributed by atoms with Crippen molar-refractivity contribution >= 4 is 17.9 Å². The summed E-state index contributed by atoms with van der Waals surface area (Å²) >= 11 is 5.97. The van der Waals surface area contributed by atoms with Gasteiger partial charge in [-0.3, -0.25) is 0 Å².